The molecule has 1 N–H and O–H groups in total. The number of nitrogens with one attached hydrogen (secondary N) is 1. The molecule has 1 fully saturated rings. The summed E-state index contributed by atoms with van der Waals surface area (Å²) in [5, 5.41) is 3.59. The van der Waals surface area contributed by atoms with E-state index in [0.29, 0.717) is 6.04 Å². The highest BCUT2D eigenvalue weighted by Gasteiger charge is 2.27. The van der Waals surface area contributed by atoms with Gasteiger partial charge in [0.2, 0.25) is 0 Å². The molecule has 15 heavy (non-hydrogen) atoms. The van der Waals surface area contributed by atoms with Crippen LogP contribution in [0.15, 0.2) is 12.7 Å². The summed E-state index contributed by atoms with van der Waals surface area (Å²) in [5.41, 5.74) is 0.221. The predicted molar refractivity (Wildman–Crippen MR) is 67.1 cm³/mol. The summed E-state index contributed by atoms with van der Waals surface area (Å²) in [6.07, 6.45) is 4.73. The molecule has 1 atom stereocenters. The first-order chi connectivity index (χ1) is 6.95. The van der Waals surface area contributed by atoms with Crippen molar-refractivity contribution in [3.63, 3.8) is 0 Å². The van der Waals surface area contributed by atoms with Crippen LogP contribution >= 0.6 is 0 Å². The van der Waals surface area contributed by atoms with Crippen molar-refractivity contribution in [2.24, 2.45) is 0 Å². The minimum absolute atomic E-state index is 0.221. The fourth-order valence-electron chi connectivity index (χ4n) is 1.99. The average molecular weight is 210 g/mol. The van der Waals surface area contributed by atoms with Gasteiger partial charge in [-0.15, -0.1) is 6.58 Å². The highest BCUT2D eigenvalue weighted by atomic mass is 15.2. The lowest BCUT2D eigenvalue weighted by Crippen LogP contribution is -2.50. The van der Waals surface area contributed by atoms with Crippen LogP contribution in [0.5, 0.6) is 0 Å². The van der Waals surface area contributed by atoms with Crippen LogP contribution in [0.1, 0.15) is 40.5 Å². The molecule has 1 aliphatic carbocycles. The summed E-state index contributed by atoms with van der Waals surface area (Å²) in [5.74, 6) is 0. The van der Waals surface area contributed by atoms with E-state index in [-0.39, 0.29) is 5.54 Å². The number of rotatable bonds is 6. The minimum atomic E-state index is 0.221. The molecule has 0 aromatic heterocycles. The van der Waals surface area contributed by atoms with Gasteiger partial charge >= 0.3 is 0 Å². The Morgan fingerprint density at radius 1 is 1.47 bits per heavy atom. The van der Waals surface area contributed by atoms with Gasteiger partial charge in [0.15, 0.2) is 0 Å². The first-order valence-corrected chi connectivity index (χ1v) is 6.06. The van der Waals surface area contributed by atoms with Crippen LogP contribution in [0, 0.1) is 0 Å². The van der Waals surface area contributed by atoms with Crippen molar-refractivity contribution in [2.45, 2.75) is 58.2 Å². The van der Waals surface area contributed by atoms with Crippen molar-refractivity contribution in [1.29, 1.82) is 0 Å². The van der Waals surface area contributed by atoms with Crippen molar-refractivity contribution in [2.75, 3.05) is 13.1 Å². The molecule has 88 valence electrons. The van der Waals surface area contributed by atoms with E-state index in [1.165, 1.54) is 12.8 Å². The summed E-state index contributed by atoms with van der Waals surface area (Å²) in [6, 6.07) is 1.38. The molecule has 2 nitrogen and oxygen atoms in total. The van der Waals surface area contributed by atoms with Gasteiger partial charge in [-0.3, -0.25) is 4.90 Å². The van der Waals surface area contributed by atoms with Gasteiger partial charge in [0.25, 0.3) is 0 Å². The molecule has 1 unspecified atom stereocenters. The van der Waals surface area contributed by atoms with E-state index in [0.717, 1.165) is 19.1 Å². The topological polar surface area (TPSA) is 15.3 Å². The third kappa shape index (κ3) is 4.35. The second kappa shape index (κ2) is 5.13. The molecular weight excluding hydrogens is 184 g/mol. The molecule has 1 rings (SSSR count). The minimum Gasteiger partial charge on any atom is -0.312 e. The van der Waals surface area contributed by atoms with Crippen LogP contribution < -0.4 is 5.32 Å². The summed E-state index contributed by atoms with van der Waals surface area (Å²) in [4.78, 5) is 2.50. The van der Waals surface area contributed by atoms with Gasteiger partial charge in [-0.25, -0.2) is 0 Å². The fraction of sp³-hybridized carbons (Fsp3) is 0.846. The van der Waals surface area contributed by atoms with E-state index in [4.69, 9.17) is 0 Å². The van der Waals surface area contributed by atoms with Crippen LogP contribution in [0.25, 0.3) is 0 Å². The van der Waals surface area contributed by atoms with E-state index in [1.807, 2.05) is 6.08 Å². The third-order valence-electron chi connectivity index (χ3n) is 3.00. The molecule has 1 saturated carbocycles. The Balaban J connectivity index is 2.41. The molecule has 0 aromatic carbocycles. The Morgan fingerprint density at radius 2 is 2.07 bits per heavy atom. The van der Waals surface area contributed by atoms with Crippen LogP contribution in [-0.4, -0.2) is 35.6 Å². The average Bonchev–Trinajstić information content (AvgIpc) is 2.91. The Hall–Kier alpha value is -0.340. The maximum Gasteiger partial charge on any atom is 0.0200 e. The van der Waals surface area contributed by atoms with Gasteiger partial charge in [-0.2, -0.15) is 0 Å². The van der Waals surface area contributed by atoms with Gasteiger partial charge in [-0.05, 0) is 40.5 Å². The number of nitrogens with zero attached hydrogens (tertiary/aromatic N) is 1. The van der Waals surface area contributed by atoms with Crippen molar-refractivity contribution < 1.29 is 0 Å². The quantitative estimate of drug-likeness (QED) is 0.677. The van der Waals surface area contributed by atoms with Crippen molar-refractivity contribution >= 4 is 0 Å². The van der Waals surface area contributed by atoms with Crippen molar-refractivity contribution in [3.05, 3.63) is 12.7 Å². The number of hydrogen-bond acceptors (Lipinski definition) is 2. The van der Waals surface area contributed by atoms with Crippen LogP contribution in [0.3, 0.4) is 0 Å². The molecule has 0 aromatic rings. The standard InChI is InChI=1S/C13H26N2/c1-6-9-15(13(3,4)5)11(2)10-14-12-7-8-12/h6,11-12,14H,1,7-10H2,2-5H3. The Kier molecular flexibility index (Phi) is 4.35. The van der Waals surface area contributed by atoms with Crippen LogP contribution in [0.2, 0.25) is 0 Å². The monoisotopic (exact) mass is 210 g/mol. The van der Waals surface area contributed by atoms with Gasteiger partial charge in [-0.1, -0.05) is 6.08 Å². The maximum atomic E-state index is 3.84. The fourth-order valence-corrected chi connectivity index (χ4v) is 1.99. The Bertz CT molecular complexity index is 201. The summed E-state index contributed by atoms with van der Waals surface area (Å²) in [6.45, 7) is 15.0. The second-order valence-corrected chi connectivity index (χ2v) is 5.64. The van der Waals surface area contributed by atoms with Gasteiger partial charge in [0, 0.05) is 30.7 Å². The largest absolute Gasteiger partial charge is 0.312 e. The zero-order valence-corrected chi connectivity index (χ0v) is 10.7. The van der Waals surface area contributed by atoms with E-state index in [2.05, 4.69) is 44.5 Å². The lowest BCUT2D eigenvalue weighted by atomic mass is 10.0. The number of hydrogen-bond donors (Lipinski definition) is 1. The summed E-state index contributed by atoms with van der Waals surface area (Å²) in [7, 11) is 0. The Morgan fingerprint density at radius 3 is 2.47 bits per heavy atom. The molecule has 0 amide bonds. The lowest BCUT2D eigenvalue weighted by molar-refractivity contribution is 0.105. The zero-order chi connectivity index (χ0) is 11.5. The first-order valence-electron chi connectivity index (χ1n) is 6.06. The predicted octanol–water partition coefficient (Wildman–Crippen LogP) is 2.41. The van der Waals surface area contributed by atoms with Crippen LogP contribution in [0.4, 0.5) is 0 Å². The smallest absolute Gasteiger partial charge is 0.0200 e. The molecule has 0 aliphatic heterocycles. The molecule has 0 spiro atoms. The van der Waals surface area contributed by atoms with E-state index in [9.17, 15) is 0 Å². The highest BCUT2D eigenvalue weighted by Crippen LogP contribution is 2.20. The van der Waals surface area contributed by atoms with Crippen molar-refractivity contribution in [3.8, 4) is 0 Å². The second-order valence-electron chi connectivity index (χ2n) is 5.64. The highest BCUT2D eigenvalue weighted by molar-refractivity contribution is 4.89. The third-order valence-corrected chi connectivity index (χ3v) is 3.00. The lowest BCUT2D eigenvalue weighted by Gasteiger charge is -2.39. The van der Waals surface area contributed by atoms with Crippen LogP contribution in [-0.2, 0) is 0 Å². The van der Waals surface area contributed by atoms with Crippen molar-refractivity contribution in [1.82, 2.24) is 10.2 Å². The van der Waals surface area contributed by atoms with E-state index in [1.54, 1.807) is 0 Å². The Labute approximate surface area is 94.7 Å². The first kappa shape index (κ1) is 12.7. The molecule has 0 saturated heterocycles. The summed E-state index contributed by atoms with van der Waals surface area (Å²) < 4.78 is 0. The molecule has 0 bridgehead atoms. The van der Waals surface area contributed by atoms with Gasteiger partial charge in [0.1, 0.15) is 0 Å². The maximum absolute atomic E-state index is 3.84. The molecule has 2 heteroatoms. The van der Waals surface area contributed by atoms with Gasteiger partial charge in [0.05, 0.1) is 0 Å². The SMILES string of the molecule is C=CCN(C(C)CNC1CC1)C(C)(C)C. The summed E-state index contributed by atoms with van der Waals surface area (Å²) >= 11 is 0. The van der Waals surface area contributed by atoms with Gasteiger partial charge < -0.3 is 5.32 Å². The normalized spacial score (nSPS) is 19.3. The van der Waals surface area contributed by atoms with E-state index < -0.39 is 0 Å². The molecular formula is C13H26N2. The molecule has 0 radical (unpaired) electrons. The zero-order valence-electron chi connectivity index (χ0n) is 10.7. The van der Waals surface area contributed by atoms with E-state index >= 15 is 0 Å². The molecule has 0 heterocycles. The molecule has 1 aliphatic rings.